The van der Waals surface area contributed by atoms with Crippen LogP contribution in [0.15, 0.2) is 10.9 Å². The molecule has 1 unspecified atom stereocenters. The summed E-state index contributed by atoms with van der Waals surface area (Å²) in [6.07, 6.45) is 1.94. The van der Waals surface area contributed by atoms with Gasteiger partial charge < -0.3 is 15.2 Å². The van der Waals surface area contributed by atoms with E-state index >= 15 is 0 Å². The quantitative estimate of drug-likeness (QED) is 0.720. The fourth-order valence-electron chi connectivity index (χ4n) is 1.21. The summed E-state index contributed by atoms with van der Waals surface area (Å²) < 4.78 is 4.60. The summed E-state index contributed by atoms with van der Waals surface area (Å²) in [5.74, 6) is 0.645. The molecular weight excluding hydrogens is 208 g/mol. The molecule has 0 fully saturated rings. The highest BCUT2D eigenvalue weighted by molar-refractivity contribution is 5.81. The van der Waals surface area contributed by atoms with Gasteiger partial charge in [0.2, 0.25) is 12.3 Å². The van der Waals surface area contributed by atoms with Crippen LogP contribution in [0.25, 0.3) is 0 Å². The number of hydrogen-bond acceptors (Lipinski definition) is 5. The molecule has 0 aliphatic heterocycles. The Morgan fingerprint density at radius 2 is 2.25 bits per heavy atom. The van der Waals surface area contributed by atoms with Crippen LogP contribution in [-0.4, -0.2) is 34.7 Å². The second-order valence-electron chi connectivity index (χ2n) is 3.94. The smallest absolute Gasteiger partial charge is 0.237 e. The standard InChI is InChI=1S/C10H18N4O2/c1-7(2)13-10(15)8(3)11-5-4-9-12-6-16-14-9/h6-8,11H,4-5H2,1-3H3,(H,13,15). The van der Waals surface area contributed by atoms with Gasteiger partial charge in [0.25, 0.3) is 0 Å². The summed E-state index contributed by atoms with van der Waals surface area (Å²) in [4.78, 5) is 15.4. The summed E-state index contributed by atoms with van der Waals surface area (Å²) in [7, 11) is 0. The number of aromatic nitrogens is 2. The maximum atomic E-state index is 11.5. The number of nitrogens with one attached hydrogen (secondary N) is 2. The second-order valence-corrected chi connectivity index (χ2v) is 3.94. The Balaban J connectivity index is 2.19. The highest BCUT2D eigenvalue weighted by Gasteiger charge is 2.12. The third kappa shape index (κ3) is 4.39. The first kappa shape index (κ1) is 12.6. The van der Waals surface area contributed by atoms with Gasteiger partial charge in [0, 0.05) is 19.0 Å². The first-order chi connectivity index (χ1) is 7.59. The van der Waals surface area contributed by atoms with E-state index in [2.05, 4.69) is 25.3 Å². The molecule has 0 aliphatic carbocycles. The molecule has 0 aromatic carbocycles. The Morgan fingerprint density at radius 3 is 2.81 bits per heavy atom. The first-order valence-corrected chi connectivity index (χ1v) is 5.38. The van der Waals surface area contributed by atoms with Gasteiger partial charge in [-0.1, -0.05) is 5.16 Å². The molecule has 0 saturated heterocycles. The normalized spacial score (nSPS) is 12.8. The van der Waals surface area contributed by atoms with Crippen molar-refractivity contribution in [1.82, 2.24) is 20.8 Å². The van der Waals surface area contributed by atoms with Gasteiger partial charge in [0.1, 0.15) is 0 Å². The third-order valence-electron chi connectivity index (χ3n) is 2.03. The van der Waals surface area contributed by atoms with Gasteiger partial charge in [-0.25, -0.2) is 0 Å². The monoisotopic (exact) mass is 226 g/mol. The Bertz CT molecular complexity index is 311. The minimum Gasteiger partial charge on any atom is -0.353 e. The molecule has 2 N–H and O–H groups in total. The Kier molecular flexibility index (Phi) is 4.91. The first-order valence-electron chi connectivity index (χ1n) is 5.38. The molecule has 6 heteroatoms. The lowest BCUT2D eigenvalue weighted by atomic mass is 10.2. The molecule has 0 aliphatic rings. The highest BCUT2D eigenvalue weighted by atomic mass is 16.5. The van der Waals surface area contributed by atoms with Gasteiger partial charge in [-0.05, 0) is 20.8 Å². The second kappa shape index (κ2) is 6.22. The van der Waals surface area contributed by atoms with Crippen LogP contribution in [0.4, 0.5) is 0 Å². The maximum absolute atomic E-state index is 11.5. The predicted molar refractivity (Wildman–Crippen MR) is 58.7 cm³/mol. The summed E-state index contributed by atoms with van der Waals surface area (Å²) in [5, 5.41) is 9.61. The molecule has 0 spiro atoms. The molecule has 1 atom stereocenters. The summed E-state index contributed by atoms with van der Waals surface area (Å²) >= 11 is 0. The Hall–Kier alpha value is -1.43. The molecule has 90 valence electrons. The summed E-state index contributed by atoms with van der Waals surface area (Å²) in [5.41, 5.74) is 0. The van der Waals surface area contributed by atoms with E-state index in [0.29, 0.717) is 18.8 Å². The van der Waals surface area contributed by atoms with E-state index in [-0.39, 0.29) is 18.0 Å². The van der Waals surface area contributed by atoms with Gasteiger partial charge in [0.05, 0.1) is 6.04 Å². The van der Waals surface area contributed by atoms with Crippen molar-refractivity contribution in [3.8, 4) is 0 Å². The molecule has 16 heavy (non-hydrogen) atoms. The average molecular weight is 226 g/mol. The van der Waals surface area contributed by atoms with Crippen molar-refractivity contribution in [2.75, 3.05) is 6.54 Å². The van der Waals surface area contributed by atoms with Gasteiger partial charge in [-0.2, -0.15) is 4.98 Å². The van der Waals surface area contributed by atoms with Crippen LogP contribution >= 0.6 is 0 Å². The zero-order chi connectivity index (χ0) is 12.0. The van der Waals surface area contributed by atoms with E-state index in [1.807, 2.05) is 20.8 Å². The molecule has 0 bridgehead atoms. The van der Waals surface area contributed by atoms with Crippen LogP contribution in [0.2, 0.25) is 0 Å². The molecule has 1 rings (SSSR count). The lowest BCUT2D eigenvalue weighted by Crippen LogP contribution is -2.45. The van der Waals surface area contributed by atoms with Gasteiger partial charge >= 0.3 is 0 Å². The topological polar surface area (TPSA) is 80.0 Å². The molecule has 6 nitrogen and oxygen atoms in total. The van der Waals surface area contributed by atoms with Gasteiger partial charge in [-0.15, -0.1) is 0 Å². The minimum absolute atomic E-state index is 0.00288. The van der Waals surface area contributed by atoms with Crippen molar-refractivity contribution in [3.63, 3.8) is 0 Å². The van der Waals surface area contributed by atoms with E-state index in [1.54, 1.807) is 0 Å². The largest absolute Gasteiger partial charge is 0.353 e. The van der Waals surface area contributed by atoms with Crippen molar-refractivity contribution < 1.29 is 9.32 Å². The van der Waals surface area contributed by atoms with Crippen molar-refractivity contribution >= 4 is 5.91 Å². The molecule has 0 saturated carbocycles. The fourth-order valence-corrected chi connectivity index (χ4v) is 1.21. The molecule has 1 heterocycles. The Labute approximate surface area is 94.8 Å². The zero-order valence-corrected chi connectivity index (χ0v) is 9.86. The predicted octanol–water partition coefficient (Wildman–Crippen LogP) is 0.115. The fraction of sp³-hybridized carbons (Fsp3) is 0.700. The number of rotatable bonds is 6. The highest BCUT2D eigenvalue weighted by Crippen LogP contribution is 1.90. The van der Waals surface area contributed by atoms with E-state index < -0.39 is 0 Å². The van der Waals surface area contributed by atoms with Crippen molar-refractivity contribution in [1.29, 1.82) is 0 Å². The zero-order valence-electron chi connectivity index (χ0n) is 9.86. The van der Waals surface area contributed by atoms with Crippen molar-refractivity contribution in [2.24, 2.45) is 0 Å². The van der Waals surface area contributed by atoms with E-state index in [0.717, 1.165) is 0 Å². The van der Waals surface area contributed by atoms with Crippen LogP contribution < -0.4 is 10.6 Å². The van der Waals surface area contributed by atoms with Crippen LogP contribution in [0.3, 0.4) is 0 Å². The number of amides is 1. The van der Waals surface area contributed by atoms with Gasteiger partial charge in [0.15, 0.2) is 5.82 Å². The van der Waals surface area contributed by atoms with Crippen molar-refractivity contribution in [3.05, 3.63) is 12.2 Å². The van der Waals surface area contributed by atoms with Crippen LogP contribution in [0.1, 0.15) is 26.6 Å². The summed E-state index contributed by atoms with van der Waals surface area (Å²) in [6.45, 7) is 6.34. The number of nitrogens with zero attached hydrogens (tertiary/aromatic N) is 2. The SMILES string of the molecule is CC(C)NC(=O)C(C)NCCc1ncon1. The number of hydrogen-bond donors (Lipinski definition) is 2. The van der Waals surface area contributed by atoms with Crippen LogP contribution in [0.5, 0.6) is 0 Å². The number of carbonyl (C=O) groups excluding carboxylic acids is 1. The third-order valence-corrected chi connectivity index (χ3v) is 2.03. The van der Waals surface area contributed by atoms with E-state index in [9.17, 15) is 4.79 Å². The van der Waals surface area contributed by atoms with Crippen LogP contribution in [-0.2, 0) is 11.2 Å². The maximum Gasteiger partial charge on any atom is 0.237 e. The summed E-state index contributed by atoms with van der Waals surface area (Å²) in [6, 6.07) is -0.0525. The molecule has 0 radical (unpaired) electrons. The minimum atomic E-state index is -0.214. The number of carbonyl (C=O) groups is 1. The van der Waals surface area contributed by atoms with E-state index in [4.69, 9.17) is 0 Å². The average Bonchev–Trinajstić information content (AvgIpc) is 2.69. The lowest BCUT2D eigenvalue weighted by molar-refractivity contribution is -0.123. The van der Waals surface area contributed by atoms with Gasteiger partial charge in [-0.3, -0.25) is 4.79 Å². The molecular formula is C10H18N4O2. The van der Waals surface area contributed by atoms with Crippen LogP contribution in [0, 0.1) is 0 Å². The molecule has 1 aromatic heterocycles. The lowest BCUT2D eigenvalue weighted by Gasteiger charge is -2.15. The Morgan fingerprint density at radius 1 is 1.50 bits per heavy atom. The molecule has 1 amide bonds. The molecule has 1 aromatic rings. The van der Waals surface area contributed by atoms with Crippen molar-refractivity contribution in [2.45, 2.75) is 39.3 Å². The van der Waals surface area contributed by atoms with E-state index in [1.165, 1.54) is 6.39 Å².